The molecule has 60 valence electrons. The van der Waals surface area contributed by atoms with Gasteiger partial charge in [0.25, 0.3) is 0 Å². The Bertz CT molecular complexity index is 159. The summed E-state index contributed by atoms with van der Waals surface area (Å²) in [5.74, 6) is -0.865. The Morgan fingerprint density at radius 3 is 2.40 bits per heavy atom. The molecule has 0 amide bonds. The van der Waals surface area contributed by atoms with E-state index in [1.54, 1.807) is 6.92 Å². The lowest BCUT2D eigenvalue weighted by Crippen LogP contribution is -2.00. The molecule has 0 heterocycles. The highest BCUT2D eigenvalue weighted by atomic mass is 31.2. The van der Waals surface area contributed by atoms with Gasteiger partial charge in [-0.3, -0.25) is 14.6 Å². The van der Waals surface area contributed by atoms with Crippen LogP contribution in [-0.4, -0.2) is 15.8 Å². The molecule has 0 saturated heterocycles. The second-order valence-electron chi connectivity index (χ2n) is 1.70. The zero-order valence-electron chi connectivity index (χ0n) is 5.48. The molecule has 0 rings (SSSR count). The first-order valence-electron chi connectivity index (χ1n) is 2.73. The molecule has 5 nitrogen and oxygen atoms in total. The number of rotatable bonds is 3. The van der Waals surface area contributed by atoms with E-state index in [1.807, 2.05) is 0 Å². The van der Waals surface area contributed by atoms with E-state index in [-0.39, 0.29) is 6.42 Å². The summed E-state index contributed by atoms with van der Waals surface area (Å²) < 4.78 is 13.7. The zero-order chi connectivity index (χ0) is 8.20. The minimum Gasteiger partial charge on any atom is -0.371 e. The van der Waals surface area contributed by atoms with Crippen LogP contribution in [0.5, 0.6) is 0 Å². The molecule has 0 aromatic heterocycles. The van der Waals surface area contributed by atoms with E-state index in [0.29, 0.717) is 6.42 Å². The van der Waals surface area contributed by atoms with Gasteiger partial charge < -0.3 is 4.52 Å². The number of hydrogen-bond donors (Lipinski definition) is 2. The standard InChI is InChI=1S/C4H9O5P/c1-2-3-4(5)9-10(6,7)8/h2-3H2,1H3,(H2,6,7,8). The van der Waals surface area contributed by atoms with Crippen LogP contribution in [0.1, 0.15) is 19.8 Å². The van der Waals surface area contributed by atoms with Crippen molar-refractivity contribution in [1.29, 1.82) is 0 Å². The Morgan fingerprint density at radius 2 is 2.10 bits per heavy atom. The molecule has 0 aliphatic carbocycles. The Morgan fingerprint density at radius 1 is 1.60 bits per heavy atom. The molecule has 10 heavy (non-hydrogen) atoms. The van der Waals surface area contributed by atoms with Crippen molar-refractivity contribution in [1.82, 2.24) is 0 Å². The van der Waals surface area contributed by atoms with Crippen LogP contribution in [0.25, 0.3) is 0 Å². The highest BCUT2D eigenvalue weighted by Crippen LogP contribution is 2.36. The minimum absolute atomic E-state index is 0.0328. The van der Waals surface area contributed by atoms with E-state index in [2.05, 4.69) is 4.52 Å². The number of phosphoric acid groups is 1. The number of hydrogen-bond acceptors (Lipinski definition) is 3. The van der Waals surface area contributed by atoms with Gasteiger partial charge in [-0.15, -0.1) is 0 Å². The summed E-state index contributed by atoms with van der Waals surface area (Å²) >= 11 is 0. The number of carbonyl (C=O) groups excluding carboxylic acids is 1. The Balaban J connectivity index is 3.70. The second-order valence-corrected chi connectivity index (χ2v) is 2.87. The van der Waals surface area contributed by atoms with Crippen molar-refractivity contribution in [2.45, 2.75) is 19.8 Å². The summed E-state index contributed by atoms with van der Waals surface area (Å²) in [6.07, 6.45) is 0.546. The fourth-order valence-electron chi connectivity index (χ4n) is 0.382. The molecule has 0 atom stereocenters. The molecule has 0 spiro atoms. The van der Waals surface area contributed by atoms with Crippen molar-refractivity contribution < 1.29 is 23.7 Å². The first kappa shape index (κ1) is 9.62. The molecule has 0 fully saturated rings. The van der Waals surface area contributed by atoms with Gasteiger partial charge in [0.15, 0.2) is 0 Å². The summed E-state index contributed by atoms with van der Waals surface area (Å²) in [4.78, 5) is 26.5. The molecular weight excluding hydrogens is 159 g/mol. The van der Waals surface area contributed by atoms with Gasteiger partial charge in [0.2, 0.25) is 0 Å². The maximum atomic E-state index is 10.3. The Hall–Kier alpha value is -0.380. The van der Waals surface area contributed by atoms with Gasteiger partial charge in [-0.2, -0.15) is 0 Å². The van der Waals surface area contributed by atoms with Crippen molar-refractivity contribution in [3.8, 4) is 0 Å². The van der Waals surface area contributed by atoms with Gasteiger partial charge in [0.05, 0.1) is 0 Å². The third-order valence-corrected chi connectivity index (χ3v) is 1.12. The lowest BCUT2D eigenvalue weighted by Gasteiger charge is -2.02. The Kier molecular flexibility index (Phi) is 3.57. The van der Waals surface area contributed by atoms with Crippen LogP contribution in [0.2, 0.25) is 0 Å². The first-order chi connectivity index (χ1) is 4.45. The average Bonchev–Trinajstić information content (AvgIpc) is 1.59. The van der Waals surface area contributed by atoms with E-state index >= 15 is 0 Å². The molecule has 2 N–H and O–H groups in total. The van der Waals surface area contributed by atoms with Gasteiger partial charge in [-0.05, 0) is 6.42 Å². The normalized spacial score (nSPS) is 11.1. The van der Waals surface area contributed by atoms with E-state index in [0.717, 1.165) is 0 Å². The van der Waals surface area contributed by atoms with Gasteiger partial charge in [-0.1, -0.05) is 6.92 Å². The van der Waals surface area contributed by atoms with Crippen molar-refractivity contribution >= 4 is 13.8 Å². The summed E-state index contributed by atoms with van der Waals surface area (Å²) in [6.45, 7) is 1.71. The maximum absolute atomic E-state index is 10.3. The van der Waals surface area contributed by atoms with Crippen molar-refractivity contribution in [3.63, 3.8) is 0 Å². The Labute approximate surface area is 58.2 Å². The van der Waals surface area contributed by atoms with Crippen molar-refractivity contribution in [3.05, 3.63) is 0 Å². The van der Waals surface area contributed by atoms with Crippen LogP contribution in [-0.2, 0) is 13.9 Å². The van der Waals surface area contributed by atoms with E-state index < -0.39 is 13.8 Å². The summed E-state index contributed by atoms with van der Waals surface area (Å²) in [7, 11) is -4.60. The second kappa shape index (κ2) is 3.71. The van der Waals surface area contributed by atoms with Crippen LogP contribution < -0.4 is 0 Å². The monoisotopic (exact) mass is 168 g/mol. The van der Waals surface area contributed by atoms with Crippen LogP contribution in [0.3, 0.4) is 0 Å². The number of carbonyl (C=O) groups is 1. The van der Waals surface area contributed by atoms with Crippen LogP contribution in [0.15, 0.2) is 0 Å². The van der Waals surface area contributed by atoms with Gasteiger partial charge in [-0.25, -0.2) is 4.57 Å². The molecule has 0 saturated carbocycles. The quantitative estimate of drug-likeness (QED) is 0.596. The first-order valence-corrected chi connectivity index (χ1v) is 4.26. The topological polar surface area (TPSA) is 83.8 Å². The summed E-state index contributed by atoms with van der Waals surface area (Å²) in [5.41, 5.74) is 0. The third kappa shape index (κ3) is 5.75. The predicted octanol–water partition coefficient (Wildman–Crippen LogP) is 0.422. The van der Waals surface area contributed by atoms with Crippen LogP contribution >= 0.6 is 7.82 Å². The smallest absolute Gasteiger partial charge is 0.371 e. The van der Waals surface area contributed by atoms with Crippen molar-refractivity contribution in [2.75, 3.05) is 0 Å². The maximum Gasteiger partial charge on any atom is 0.526 e. The molecule has 0 aliphatic heterocycles. The molecule has 0 aliphatic rings. The average molecular weight is 168 g/mol. The molecule has 0 aromatic carbocycles. The largest absolute Gasteiger partial charge is 0.526 e. The third-order valence-electron chi connectivity index (χ3n) is 0.675. The van der Waals surface area contributed by atoms with E-state index in [4.69, 9.17) is 9.79 Å². The predicted molar refractivity (Wildman–Crippen MR) is 33.0 cm³/mol. The molecule has 6 heteroatoms. The minimum atomic E-state index is -4.60. The number of phosphoric ester groups is 1. The summed E-state index contributed by atoms with van der Waals surface area (Å²) in [6, 6.07) is 0. The fraction of sp³-hybridized carbons (Fsp3) is 0.750. The lowest BCUT2D eigenvalue weighted by atomic mass is 10.4. The molecular formula is C4H9O5P. The summed E-state index contributed by atoms with van der Waals surface area (Å²) in [5, 5.41) is 0. The van der Waals surface area contributed by atoms with Gasteiger partial charge in [0.1, 0.15) is 0 Å². The van der Waals surface area contributed by atoms with Gasteiger partial charge >= 0.3 is 13.8 Å². The molecule has 0 unspecified atom stereocenters. The zero-order valence-corrected chi connectivity index (χ0v) is 6.38. The highest BCUT2D eigenvalue weighted by Gasteiger charge is 2.18. The van der Waals surface area contributed by atoms with E-state index in [1.165, 1.54) is 0 Å². The van der Waals surface area contributed by atoms with Crippen molar-refractivity contribution in [2.24, 2.45) is 0 Å². The van der Waals surface area contributed by atoms with Crippen LogP contribution in [0, 0.1) is 0 Å². The SMILES string of the molecule is CCCC(=O)OP(=O)(O)O. The molecule has 0 radical (unpaired) electrons. The van der Waals surface area contributed by atoms with Crippen LogP contribution in [0.4, 0.5) is 0 Å². The lowest BCUT2D eigenvalue weighted by molar-refractivity contribution is -0.135. The molecule has 0 aromatic rings. The van der Waals surface area contributed by atoms with E-state index in [9.17, 15) is 9.36 Å². The van der Waals surface area contributed by atoms with Gasteiger partial charge in [0, 0.05) is 6.42 Å². The highest BCUT2D eigenvalue weighted by molar-refractivity contribution is 7.46. The fourth-order valence-corrected chi connectivity index (χ4v) is 0.739. The molecule has 0 bridgehead atoms.